The number of nitrogens with one attached hydrogen (secondary N) is 2. The van der Waals surface area contributed by atoms with E-state index in [1.165, 1.54) is 0 Å². The molecule has 2 fully saturated rings. The molecule has 2 aliphatic heterocycles. The first-order chi connectivity index (χ1) is 14.3. The predicted octanol–water partition coefficient (Wildman–Crippen LogP) is -3.89. The highest BCUT2D eigenvalue weighted by Gasteiger charge is 2.45. The zero-order valence-electron chi connectivity index (χ0n) is 15.9. The molecule has 2 saturated heterocycles. The number of anilines is 2. The van der Waals surface area contributed by atoms with Gasteiger partial charge in [0.25, 0.3) is 0 Å². The van der Waals surface area contributed by atoms with Gasteiger partial charge in [0.05, 0.1) is 24.6 Å². The SMILES string of the molecule is OC[C@@H]1O[C@@H](Nc2ccccc2N[C@@H]2O[C@@H](CO)[C@@H](O)[C@H](O)[C@@H]2O)[C@@H](O)[C@H](O)[C@@H]1O. The van der Waals surface area contributed by atoms with Gasteiger partial charge in [0, 0.05) is 0 Å². The second-order valence-corrected chi connectivity index (χ2v) is 7.33. The smallest absolute Gasteiger partial charge is 0.157 e. The van der Waals surface area contributed by atoms with Crippen LogP contribution >= 0.6 is 0 Å². The van der Waals surface area contributed by atoms with Gasteiger partial charge in [0.1, 0.15) is 48.8 Å². The lowest BCUT2D eigenvalue weighted by Crippen LogP contribution is -2.61. The molecule has 12 heteroatoms. The third-order valence-corrected chi connectivity index (χ3v) is 5.31. The zero-order valence-corrected chi connectivity index (χ0v) is 15.9. The number of aliphatic hydroxyl groups is 8. The third-order valence-electron chi connectivity index (χ3n) is 5.31. The molecule has 12 nitrogen and oxygen atoms in total. The summed E-state index contributed by atoms with van der Waals surface area (Å²) in [6.07, 6.45) is -13.7. The van der Waals surface area contributed by atoms with Crippen molar-refractivity contribution in [1.29, 1.82) is 0 Å². The lowest BCUT2D eigenvalue weighted by molar-refractivity contribution is -0.222. The molecule has 3 rings (SSSR count). The Morgan fingerprint density at radius 3 is 1.30 bits per heavy atom. The van der Waals surface area contributed by atoms with E-state index in [2.05, 4.69) is 10.6 Å². The third kappa shape index (κ3) is 4.53. The maximum Gasteiger partial charge on any atom is 0.157 e. The Bertz CT molecular complexity index is 636. The van der Waals surface area contributed by atoms with E-state index in [0.29, 0.717) is 11.4 Å². The Kier molecular flexibility index (Phi) is 7.47. The van der Waals surface area contributed by atoms with Crippen molar-refractivity contribution in [2.45, 2.75) is 61.3 Å². The molecule has 0 amide bonds. The number of ether oxygens (including phenoxy) is 2. The monoisotopic (exact) mass is 432 g/mol. The molecule has 0 spiro atoms. The van der Waals surface area contributed by atoms with Gasteiger partial charge in [0.15, 0.2) is 12.5 Å². The predicted molar refractivity (Wildman–Crippen MR) is 101 cm³/mol. The number of benzene rings is 1. The molecular formula is C18H28N2O10. The molecule has 0 aliphatic carbocycles. The van der Waals surface area contributed by atoms with Crippen LogP contribution in [0.3, 0.4) is 0 Å². The molecular weight excluding hydrogens is 404 g/mol. The first-order valence-corrected chi connectivity index (χ1v) is 9.51. The van der Waals surface area contributed by atoms with E-state index >= 15 is 0 Å². The van der Waals surface area contributed by atoms with Crippen LogP contribution in [-0.4, -0.2) is 115 Å². The summed E-state index contributed by atoms with van der Waals surface area (Å²) < 4.78 is 10.9. The molecule has 0 radical (unpaired) electrons. The van der Waals surface area contributed by atoms with Crippen molar-refractivity contribution in [2.75, 3.05) is 23.8 Å². The van der Waals surface area contributed by atoms with Gasteiger partial charge in [-0.1, -0.05) is 12.1 Å². The van der Waals surface area contributed by atoms with Gasteiger partial charge < -0.3 is 61.0 Å². The number of rotatable bonds is 6. The van der Waals surface area contributed by atoms with Crippen LogP contribution in [0.4, 0.5) is 11.4 Å². The van der Waals surface area contributed by atoms with Gasteiger partial charge in [-0.25, -0.2) is 0 Å². The van der Waals surface area contributed by atoms with Gasteiger partial charge in [-0.05, 0) is 12.1 Å². The van der Waals surface area contributed by atoms with E-state index in [1.807, 2.05) is 0 Å². The number of aliphatic hydroxyl groups excluding tert-OH is 8. The van der Waals surface area contributed by atoms with E-state index in [1.54, 1.807) is 24.3 Å². The van der Waals surface area contributed by atoms with E-state index in [4.69, 9.17) is 9.47 Å². The van der Waals surface area contributed by atoms with Gasteiger partial charge in [-0.2, -0.15) is 0 Å². The average Bonchev–Trinajstić information content (AvgIpc) is 2.75. The van der Waals surface area contributed by atoms with Gasteiger partial charge in [-0.15, -0.1) is 0 Å². The fourth-order valence-electron chi connectivity index (χ4n) is 3.48. The molecule has 30 heavy (non-hydrogen) atoms. The Balaban J connectivity index is 1.76. The summed E-state index contributed by atoms with van der Waals surface area (Å²) in [4.78, 5) is 0. The first-order valence-electron chi connectivity index (χ1n) is 9.51. The van der Waals surface area contributed by atoms with Crippen molar-refractivity contribution >= 4 is 11.4 Å². The number of hydrogen-bond acceptors (Lipinski definition) is 12. The van der Waals surface area contributed by atoms with E-state index < -0.39 is 74.5 Å². The first kappa shape index (κ1) is 23.1. The van der Waals surface area contributed by atoms with Crippen LogP contribution in [0.25, 0.3) is 0 Å². The maximum atomic E-state index is 10.2. The highest BCUT2D eigenvalue weighted by Crippen LogP contribution is 2.30. The molecule has 2 aliphatic rings. The van der Waals surface area contributed by atoms with Crippen LogP contribution in [0.5, 0.6) is 0 Å². The Morgan fingerprint density at radius 2 is 0.967 bits per heavy atom. The minimum Gasteiger partial charge on any atom is -0.394 e. The minimum atomic E-state index is -1.56. The Labute approximate surface area is 171 Å². The summed E-state index contributed by atoms with van der Waals surface area (Å²) in [6, 6.07) is 6.50. The summed E-state index contributed by atoms with van der Waals surface area (Å²) >= 11 is 0. The molecule has 0 saturated carbocycles. The van der Waals surface area contributed by atoms with Gasteiger partial charge in [-0.3, -0.25) is 0 Å². The van der Waals surface area contributed by atoms with Crippen molar-refractivity contribution in [2.24, 2.45) is 0 Å². The van der Waals surface area contributed by atoms with Crippen molar-refractivity contribution in [3.05, 3.63) is 24.3 Å². The van der Waals surface area contributed by atoms with E-state index in [-0.39, 0.29) is 0 Å². The zero-order chi connectivity index (χ0) is 22.0. The van der Waals surface area contributed by atoms with Crippen LogP contribution in [0, 0.1) is 0 Å². The van der Waals surface area contributed by atoms with Crippen molar-refractivity contribution in [1.82, 2.24) is 0 Å². The molecule has 0 bridgehead atoms. The van der Waals surface area contributed by atoms with E-state index in [9.17, 15) is 40.9 Å². The fourth-order valence-corrected chi connectivity index (χ4v) is 3.48. The van der Waals surface area contributed by atoms with Crippen LogP contribution in [0.2, 0.25) is 0 Å². The van der Waals surface area contributed by atoms with Crippen molar-refractivity contribution in [3.8, 4) is 0 Å². The lowest BCUT2D eigenvalue weighted by atomic mass is 9.98. The summed E-state index contributed by atoms with van der Waals surface area (Å²) in [7, 11) is 0. The fraction of sp³-hybridized carbons (Fsp3) is 0.667. The van der Waals surface area contributed by atoms with Crippen molar-refractivity contribution in [3.63, 3.8) is 0 Å². The summed E-state index contributed by atoms with van der Waals surface area (Å²) in [6.45, 7) is -1.15. The molecule has 0 aromatic heterocycles. The molecule has 1 aromatic carbocycles. The summed E-state index contributed by atoms with van der Waals surface area (Å²) in [5, 5.41) is 84.4. The topological polar surface area (TPSA) is 204 Å². The second kappa shape index (κ2) is 9.70. The Morgan fingerprint density at radius 1 is 0.600 bits per heavy atom. The average molecular weight is 432 g/mol. The number of para-hydroxylation sites is 2. The normalized spacial score (nSPS) is 42.0. The molecule has 10 N–H and O–H groups in total. The summed E-state index contributed by atoms with van der Waals surface area (Å²) in [5.74, 6) is 0. The largest absolute Gasteiger partial charge is 0.394 e. The maximum absolute atomic E-state index is 10.2. The quantitative estimate of drug-likeness (QED) is 0.210. The van der Waals surface area contributed by atoms with Gasteiger partial charge in [0.2, 0.25) is 0 Å². The van der Waals surface area contributed by atoms with Crippen LogP contribution in [0.15, 0.2) is 24.3 Å². The Hall–Kier alpha value is -1.58. The van der Waals surface area contributed by atoms with Crippen molar-refractivity contribution < 1.29 is 50.3 Å². The highest BCUT2D eigenvalue weighted by molar-refractivity contribution is 5.69. The van der Waals surface area contributed by atoms with Gasteiger partial charge >= 0.3 is 0 Å². The molecule has 0 unspecified atom stereocenters. The second-order valence-electron chi connectivity index (χ2n) is 7.33. The van der Waals surface area contributed by atoms with Crippen LogP contribution in [0.1, 0.15) is 0 Å². The number of hydrogen-bond donors (Lipinski definition) is 10. The molecule has 10 atom stereocenters. The highest BCUT2D eigenvalue weighted by atomic mass is 16.6. The molecule has 170 valence electrons. The standard InChI is InChI=1S/C18H28N2O10/c21-5-9-11(23)13(25)15(27)17(29-9)19-7-3-1-2-4-8(7)20-18-16(28)14(26)12(24)10(6-22)30-18/h1-4,9-28H,5-6H2/t9-,10-,11+,12+,13-,14+,15-,16-,17+,18+/m0/s1. The summed E-state index contributed by atoms with van der Waals surface area (Å²) in [5.41, 5.74) is 0.692. The van der Waals surface area contributed by atoms with E-state index in [0.717, 1.165) is 0 Å². The van der Waals surface area contributed by atoms with Crippen LogP contribution in [-0.2, 0) is 9.47 Å². The van der Waals surface area contributed by atoms with Crippen LogP contribution < -0.4 is 10.6 Å². The minimum absolute atomic E-state index is 0.346. The lowest BCUT2D eigenvalue weighted by Gasteiger charge is -2.42. The molecule has 2 heterocycles. The molecule has 1 aromatic rings.